The summed E-state index contributed by atoms with van der Waals surface area (Å²) < 4.78 is 1.24. The largest absolute Gasteiger partial charge is 0.368 e. The predicted octanol–water partition coefficient (Wildman–Crippen LogP) is 2.83. The number of aromatic nitrogens is 2. The van der Waals surface area contributed by atoms with Crippen LogP contribution in [0, 0.1) is 13.8 Å². The highest BCUT2D eigenvalue weighted by Crippen LogP contribution is 2.19. The topological polar surface area (TPSA) is 70.5 Å². The Bertz CT molecular complexity index is 1120. The van der Waals surface area contributed by atoms with Crippen molar-refractivity contribution in [3.63, 3.8) is 0 Å². The zero-order valence-electron chi connectivity index (χ0n) is 17.9. The Labute approximate surface area is 181 Å². The molecule has 2 heterocycles. The maximum atomic E-state index is 12.6. The Morgan fingerprint density at radius 3 is 2.39 bits per heavy atom. The minimum atomic E-state index is -0.289. The van der Waals surface area contributed by atoms with Crippen molar-refractivity contribution >= 4 is 23.1 Å². The van der Waals surface area contributed by atoms with Gasteiger partial charge in [0.2, 0.25) is 5.91 Å². The van der Waals surface area contributed by atoms with Crippen LogP contribution in [-0.4, -0.2) is 41.9 Å². The Morgan fingerprint density at radius 2 is 1.65 bits per heavy atom. The van der Waals surface area contributed by atoms with Crippen LogP contribution in [0.25, 0.3) is 0 Å². The second-order valence-corrected chi connectivity index (χ2v) is 7.86. The van der Waals surface area contributed by atoms with Gasteiger partial charge in [0.05, 0.1) is 0 Å². The normalized spacial score (nSPS) is 13.9. The lowest BCUT2D eigenvalue weighted by molar-refractivity contribution is -0.117. The van der Waals surface area contributed by atoms with E-state index >= 15 is 0 Å². The van der Waals surface area contributed by atoms with Gasteiger partial charge in [-0.05, 0) is 49.2 Å². The zero-order valence-corrected chi connectivity index (χ0v) is 17.9. The summed E-state index contributed by atoms with van der Waals surface area (Å²) in [7, 11) is 0. The zero-order chi connectivity index (χ0) is 21.8. The van der Waals surface area contributed by atoms with Gasteiger partial charge in [0.15, 0.2) is 0 Å². The molecular formula is C24H27N5O2. The molecule has 0 aliphatic carbocycles. The summed E-state index contributed by atoms with van der Waals surface area (Å²) in [5.74, 6) is 0.446. The van der Waals surface area contributed by atoms with E-state index in [4.69, 9.17) is 0 Å². The summed E-state index contributed by atoms with van der Waals surface area (Å²) in [6.07, 6.45) is 0. The first-order valence-corrected chi connectivity index (χ1v) is 10.5. The van der Waals surface area contributed by atoms with E-state index in [1.54, 1.807) is 6.07 Å². The third-order valence-electron chi connectivity index (χ3n) is 5.54. The molecule has 4 rings (SSSR count). The smallest absolute Gasteiger partial charge is 0.267 e. The van der Waals surface area contributed by atoms with Crippen LogP contribution in [0.15, 0.2) is 65.5 Å². The second kappa shape index (κ2) is 9.04. The van der Waals surface area contributed by atoms with Crippen LogP contribution in [0.4, 0.5) is 17.2 Å². The Kier molecular flexibility index (Phi) is 6.02. The molecule has 0 spiro atoms. The van der Waals surface area contributed by atoms with Gasteiger partial charge in [-0.2, -0.15) is 5.10 Å². The van der Waals surface area contributed by atoms with Crippen LogP contribution < -0.4 is 20.7 Å². The summed E-state index contributed by atoms with van der Waals surface area (Å²) in [5.41, 5.74) is 3.72. The first-order valence-electron chi connectivity index (χ1n) is 10.5. The fraction of sp³-hybridized carbons (Fsp3) is 0.292. The molecule has 3 aromatic rings. The fourth-order valence-electron chi connectivity index (χ4n) is 3.75. The maximum Gasteiger partial charge on any atom is 0.267 e. The molecule has 1 aromatic heterocycles. The number of hydrogen-bond donors (Lipinski definition) is 1. The Balaban J connectivity index is 1.42. The van der Waals surface area contributed by atoms with E-state index in [-0.39, 0.29) is 18.0 Å². The monoisotopic (exact) mass is 417 g/mol. The summed E-state index contributed by atoms with van der Waals surface area (Å²) in [4.78, 5) is 29.3. The minimum absolute atomic E-state index is 0.121. The van der Waals surface area contributed by atoms with Crippen LogP contribution in [0.3, 0.4) is 0 Å². The molecule has 2 aromatic carbocycles. The standard InChI is InChI=1S/C24H27N5O2/c1-18-8-9-19(2)21(16-18)25-23(30)17-29-24(31)11-10-22(26-29)28-14-12-27(13-15-28)20-6-4-3-5-7-20/h3-11,16H,12-15,17H2,1-2H3,(H,25,30). The molecular weight excluding hydrogens is 390 g/mol. The lowest BCUT2D eigenvalue weighted by Gasteiger charge is -2.36. The molecule has 1 aliphatic rings. The van der Waals surface area contributed by atoms with Gasteiger partial charge in [-0.3, -0.25) is 9.59 Å². The van der Waals surface area contributed by atoms with Crippen molar-refractivity contribution < 1.29 is 4.79 Å². The van der Waals surface area contributed by atoms with Crippen molar-refractivity contribution in [2.75, 3.05) is 41.3 Å². The van der Waals surface area contributed by atoms with Gasteiger partial charge >= 0.3 is 0 Å². The van der Waals surface area contributed by atoms with E-state index in [9.17, 15) is 9.59 Å². The molecule has 7 nitrogen and oxygen atoms in total. The second-order valence-electron chi connectivity index (χ2n) is 7.86. The highest BCUT2D eigenvalue weighted by Gasteiger charge is 2.19. The van der Waals surface area contributed by atoms with Gasteiger partial charge in [-0.1, -0.05) is 30.3 Å². The van der Waals surface area contributed by atoms with Gasteiger partial charge in [-0.15, -0.1) is 0 Å². The molecule has 31 heavy (non-hydrogen) atoms. The summed E-state index contributed by atoms with van der Waals surface area (Å²) in [6, 6.07) is 19.4. The van der Waals surface area contributed by atoms with E-state index in [0.717, 1.165) is 43.0 Å². The maximum absolute atomic E-state index is 12.6. The number of anilines is 3. The molecule has 0 atom stereocenters. The number of rotatable bonds is 5. The third-order valence-corrected chi connectivity index (χ3v) is 5.54. The average Bonchev–Trinajstić information content (AvgIpc) is 2.78. The molecule has 0 radical (unpaired) electrons. The molecule has 1 N–H and O–H groups in total. The van der Waals surface area contributed by atoms with Crippen LogP contribution in [0.5, 0.6) is 0 Å². The Hall–Kier alpha value is -3.61. The van der Waals surface area contributed by atoms with Gasteiger partial charge < -0.3 is 15.1 Å². The molecule has 7 heteroatoms. The van der Waals surface area contributed by atoms with Crippen molar-refractivity contribution in [1.82, 2.24) is 9.78 Å². The fourth-order valence-corrected chi connectivity index (χ4v) is 3.75. The molecule has 0 saturated carbocycles. The predicted molar refractivity (Wildman–Crippen MR) is 124 cm³/mol. The van der Waals surface area contributed by atoms with E-state index in [2.05, 4.69) is 32.3 Å². The minimum Gasteiger partial charge on any atom is -0.368 e. The number of carbonyl (C=O) groups is 1. The number of benzene rings is 2. The first kappa shape index (κ1) is 20.7. The van der Waals surface area contributed by atoms with Crippen LogP contribution in [-0.2, 0) is 11.3 Å². The van der Waals surface area contributed by atoms with Crippen LogP contribution in [0.1, 0.15) is 11.1 Å². The summed E-state index contributed by atoms with van der Waals surface area (Å²) >= 11 is 0. The van der Waals surface area contributed by atoms with Gasteiger partial charge in [-0.25, -0.2) is 4.68 Å². The quantitative estimate of drug-likeness (QED) is 0.691. The van der Waals surface area contributed by atoms with Crippen LogP contribution in [0.2, 0.25) is 0 Å². The van der Waals surface area contributed by atoms with E-state index < -0.39 is 0 Å². The molecule has 1 aliphatic heterocycles. The van der Waals surface area contributed by atoms with Crippen LogP contribution >= 0.6 is 0 Å². The van der Waals surface area contributed by atoms with Crippen molar-refractivity contribution in [3.8, 4) is 0 Å². The third kappa shape index (κ3) is 4.94. The van der Waals surface area contributed by atoms with Gasteiger partial charge in [0.25, 0.3) is 5.56 Å². The highest BCUT2D eigenvalue weighted by molar-refractivity contribution is 5.91. The lowest BCUT2D eigenvalue weighted by Crippen LogP contribution is -2.47. The summed E-state index contributed by atoms with van der Waals surface area (Å²) in [5, 5.41) is 7.36. The molecule has 1 fully saturated rings. The number of carbonyl (C=O) groups excluding carboxylic acids is 1. The SMILES string of the molecule is Cc1ccc(C)c(NC(=O)Cn2nc(N3CCN(c4ccccc4)CC3)ccc2=O)c1. The first-order chi connectivity index (χ1) is 15.0. The molecule has 0 unspecified atom stereocenters. The van der Waals surface area contributed by atoms with Crippen molar-refractivity contribution in [1.29, 1.82) is 0 Å². The van der Waals surface area contributed by atoms with Gasteiger partial charge in [0.1, 0.15) is 12.4 Å². The number of hydrogen-bond acceptors (Lipinski definition) is 5. The Morgan fingerprint density at radius 1 is 0.935 bits per heavy atom. The summed E-state index contributed by atoms with van der Waals surface area (Å²) in [6.45, 7) is 7.14. The van der Waals surface area contributed by atoms with E-state index in [0.29, 0.717) is 5.82 Å². The molecule has 1 amide bonds. The van der Waals surface area contributed by atoms with Crippen molar-refractivity contribution in [2.24, 2.45) is 0 Å². The molecule has 160 valence electrons. The average molecular weight is 418 g/mol. The number of aryl methyl sites for hydroxylation is 2. The molecule has 1 saturated heterocycles. The lowest BCUT2D eigenvalue weighted by atomic mass is 10.1. The number of para-hydroxylation sites is 1. The number of piperazine rings is 1. The molecule has 0 bridgehead atoms. The highest BCUT2D eigenvalue weighted by atomic mass is 16.2. The number of nitrogens with one attached hydrogen (secondary N) is 1. The van der Waals surface area contributed by atoms with Crippen molar-refractivity contribution in [3.05, 3.63) is 82.1 Å². The number of amides is 1. The van der Waals surface area contributed by atoms with E-state index in [1.807, 2.05) is 50.2 Å². The number of nitrogens with zero attached hydrogens (tertiary/aromatic N) is 4. The van der Waals surface area contributed by atoms with E-state index in [1.165, 1.54) is 16.4 Å². The van der Waals surface area contributed by atoms with Gasteiger partial charge in [0, 0.05) is 43.6 Å². The van der Waals surface area contributed by atoms with Crippen molar-refractivity contribution in [2.45, 2.75) is 20.4 Å².